The van der Waals surface area contributed by atoms with Crippen LogP contribution >= 0.6 is 0 Å². The number of hydrogen-bond donors (Lipinski definition) is 0. The summed E-state index contributed by atoms with van der Waals surface area (Å²) in [6, 6.07) is 0. The molecule has 1 heterocycles. The number of rotatable bonds is 6. The third-order valence-electron chi connectivity index (χ3n) is 6.40. The van der Waals surface area contributed by atoms with E-state index >= 15 is 0 Å². The molecule has 0 radical (unpaired) electrons. The van der Waals surface area contributed by atoms with E-state index in [0.717, 1.165) is 6.42 Å². The highest BCUT2D eigenvalue weighted by Crippen LogP contribution is 2.59. The largest absolute Gasteiger partial charge is 0.459 e. The molecule has 2 bridgehead atoms. The highest BCUT2D eigenvalue weighted by atomic mass is 19.3. The molecule has 3 aliphatic carbocycles. The van der Waals surface area contributed by atoms with Gasteiger partial charge in [-0.15, -0.1) is 0 Å². The van der Waals surface area contributed by atoms with Crippen molar-refractivity contribution < 1.29 is 46.2 Å². The lowest BCUT2D eigenvalue weighted by Gasteiger charge is -2.31. The smallest absolute Gasteiger partial charge is 0.340 e. The Bertz CT molecular complexity index is 738. The second-order valence-corrected chi connectivity index (χ2v) is 8.07. The molecular formula is C19H20F4O6. The van der Waals surface area contributed by atoms with Gasteiger partial charge in [0.15, 0.2) is 6.61 Å². The molecule has 2 saturated carbocycles. The normalized spacial score (nSPS) is 37.7. The van der Waals surface area contributed by atoms with E-state index in [4.69, 9.17) is 9.47 Å². The Morgan fingerprint density at radius 2 is 1.97 bits per heavy atom. The minimum absolute atomic E-state index is 0.331. The topological polar surface area (TPSA) is 78.9 Å². The van der Waals surface area contributed by atoms with Gasteiger partial charge in [-0.3, -0.25) is 14.4 Å². The molecule has 1 saturated heterocycles. The van der Waals surface area contributed by atoms with Gasteiger partial charge >= 0.3 is 30.3 Å². The van der Waals surface area contributed by atoms with E-state index in [1.54, 1.807) is 0 Å². The highest BCUT2D eigenvalue weighted by molar-refractivity contribution is 5.86. The average molecular weight is 420 g/mol. The number of halogens is 4. The van der Waals surface area contributed by atoms with Crippen LogP contribution in [0.1, 0.15) is 25.7 Å². The van der Waals surface area contributed by atoms with Crippen molar-refractivity contribution in [2.75, 3.05) is 6.61 Å². The maximum Gasteiger partial charge on any atom is 0.340 e. The van der Waals surface area contributed by atoms with Crippen molar-refractivity contribution in [2.45, 2.75) is 50.2 Å². The lowest BCUT2D eigenvalue weighted by Crippen LogP contribution is -2.45. The number of esters is 3. The van der Waals surface area contributed by atoms with E-state index in [1.807, 2.05) is 12.2 Å². The van der Waals surface area contributed by atoms with E-state index in [-0.39, 0.29) is 11.8 Å². The van der Waals surface area contributed by atoms with Crippen LogP contribution in [0.4, 0.5) is 17.6 Å². The predicted molar refractivity (Wildman–Crippen MR) is 86.7 cm³/mol. The first-order valence-electron chi connectivity index (χ1n) is 9.59. The molecular weight excluding hydrogens is 400 g/mol. The second kappa shape index (κ2) is 7.28. The fourth-order valence-electron chi connectivity index (χ4n) is 5.03. The van der Waals surface area contributed by atoms with Gasteiger partial charge in [0, 0.05) is 11.8 Å². The Balaban J connectivity index is 1.46. The van der Waals surface area contributed by atoms with Crippen molar-refractivity contribution in [3.8, 4) is 0 Å². The van der Waals surface area contributed by atoms with Crippen LogP contribution in [0.2, 0.25) is 0 Å². The number of alkyl halides is 4. The number of hydrogen-bond acceptors (Lipinski definition) is 6. The van der Waals surface area contributed by atoms with E-state index < -0.39 is 66.8 Å². The van der Waals surface area contributed by atoms with E-state index in [0.29, 0.717) is 19.3 Å². The molecule has 4 rings (SSSR count). The number of carbonyl (C=O) groups excluding carboxylic acids is 3. The third-order valence-corrected chi connectivity index (χ3v) is 6.40. The molecule has 3 fully saturated rings. The van der Waals surface area contributed by atoms with Gasteiger partial charge in [-0.1, -0.05) is 12.2 Å². The van der Waals surface area contributed by atoms with Gasteiger partial charge in [0.05, 0.1) is 17.8 Å². The van der Waals surface area contributed by atoms with Gasteiger partial charge in [-0.2, -0.15) is 8.78 Å². The summed E-state index contributed by atoms with van der Waals surface area (Å²) in [5, 5.41) is 0. The zero-order valence-electron chi connectivity index (χ0n) is 15.3. The summed E-state index contributed by atoms with van der Waals surface area (Å²) in [7, 11) is 0. The van der Waals surface area contributed by atoms with Crippen LogP contribution in [0.3, 0.4) is 0 Å². The molecule has 0 aromatic heterocycles. The Morgan fingerprint density at radius 1 is 1.21 bits per heavy atom. The first kappa shape index (κ1) is 20.2. The summed E-state index contributed by atoms with van der Waals surface area (Å²) >= 11 is 0. The predicted octanol–water partition coefficient (Wildman–Crippen LogP) is 2.51. The maximum atomic E-state index is 13.1. The fourth-order valence-corrected chi connectivity index (χ4v) is 5.03. The molecule has 0 aromatic carbocycles. The van der Waals surface area contributed by atoms with Gasteiger partial charge in [0.2, 0.25) is 0 Å². The number of carbonyl (C=O) groups is 3. The van der Waals surface area contributed by atoms with Crippen LogP contribution in [-0.2, 0) is 28.6 Å². The van der Waals surface area contributed by atoms with Gasteiger partial charge < -0.3 is 14.2 Å². The molecule has 7 unspecified atom stereocenters. The summed E-state index contributed by atoms with van der Waals surface area (Å²) in [5.74, 6) is -10.2. The molecule has 1 aliphatic heterocycles. The minimum Gasteiger partial charge on any atom is -0.459 e. The van der Waals surface area contributed by atoms with Crippen LogP contribution < -0.4 is 0 Å². The minimum atomic E-state index is -4.48. The Morgan fingerprint density at radius 3 is 2.62 bits per heavy atom. The van der Waals surface area contributed by atoms with Gasteiger partial charge in [0.25, 0.3) is 0 Å². The van der Waals surface area contributed by atoms with Crippen LogP contribution in [-0.4, -0.2) is 49.1 Å². The zero-order valence-corrected chi connectivity index (χ0v) is 15.3. The maximum absolute atomic E-state index is 13.1. The van der Waals surface area contributed by atoms with Crippen molar-refractivity contribution >= 4 is 17.9 Å². The van der Waals surface area contributed by atoms with Gasteiger partial charge in [-0.25, -0.2) is 8.78 Å². The Labute approximate surface area is 163 Å². The van der Waals surface area contributed by atoms with E-state index in [2.05, 4.69) is 4.74 Å². The van der Waals surface area contributed by atoms with E-state index in [1.165, 1.54) is 0 Å². The molecule has 10 heteroatoms. The summed E-state index contributed by atoms with van der Waals surface area (Å²) in [4.78, 5) is 37.1. The molecule has 0 spiro atoms. The van der Waals surface area contributed by atoms with Crippen molar-refractivity contribution in [3.05, 3.63) is 12.2 Å². The molecule has 4 aliphatic rings. The van der Waals surface area contributed by atoms with Gasteiger partial charge in [-0.05, 0) is 25.7 Å². The van der Waals surface area contributed by atoms with Crippen LogP contribution in [0.15, 0.2) is 12.2 Å². The SMILES string of the molecule is O=C(OC1C2CC3C1OC(=O)C3C2C(=O)OCC(F)(F)C(F)F)C1CC=CCC1. The Kier molecular flexibility index (Phi) is 5.06. The molecule has 0 amide bonds. The van der Waals surface area contributed by atoms with Gasteiger partial charge in [0.1, 0.15) is 12.2 Å². The van der Waals surface area contributed by atoms with Crippen LogP contribution in [0.5, 0.6) is 0 Å². The summed E-state index contributed by atoms with van der Waals surface area (Å²) < 4.78 is 66.2. The first-order chi connectivity index (χ1) is 13.7. The highest BCUT2D eigenvalue weighted by Gasteiger charge is 2.70. The zero-order chi connectivity index (χ0) is 20.9. The molecule has 29 heavy (non-hydrogen) atoms. The van der Waals surface area contributed by atoms with Crippen molar-refractivity contribution in [3.63, 3.8) is 0 Å². The fraction of sp³-hybridized carbons (Fsp3) is 0.737. The van der Waals surface area contributed by atoms with Crippen LogP contribution in [0.25, 0.3) is 0 Å². The lowest BCUT2D eigenvalue weighted by atomic mass is 9.78. The standard InChI is InChI=1S/C19H20F4O6/c20-18(21)19(22,23)7-27-16(25)11-9-6-10-12(11)17(26)29-14(10)13(9)28-15(24)8-4-2-1-3-5-8/h1-2,8-14,18H,3-7H2. The summed E-state index contributed by atoms with van der Waals surface area (Å²) in [5.41, 5.74) is 0. The lowest BCUT2D eigenvalue weighted by molar-refractivity contribution is -0.187. The quantitative estimate of drug-likeness (QED) is 0.284. The monoisotopic (exact) mass is 420 g/mol. The van der Waals surface area contributed by atoms with Crippen LogP contribution in [0, 0.1) is 29.6 Å². The average Bonchev–Trinajstić information content (AvgIpc) is 3.30. The van der Waals surface area contributed by atoms with E-state index in [9.17, 15) is 31.9 Å². The molecule has 0 N–H and O–H groups in total. The van der Waals surface area contributed by atoms with Crippen molar-refractivity contribution in [1.82, 2.24) is 0 Å². The summed E-state index contributed by atoms with van der Waals surface area (Å²) in [6.07, 6.45) is 0.560. The third kappa shape index (κ3) is 3.40. The molecule has 7 atom stereocenters. The van der Waals surface area contributed by atoms with Crippen molar-refractivity contribution in [1.29, 1.82) is 0 Å². The Hall–Kier alpha value is -2.13. The summed E-state index contributed by atoms with van der Waals surface area (Å²) in [6.45, 7) is -1.78. The molecule has 6 nitrogen and oxygen atoms in total. The number of ether oxygens (including phenoxy) is 3. The first-order valence-corrected chi connectivity index (χ1v) is 9.59. The molecule has 0 aromatic rings. The molecule has 160 valence electrons. The van der Waals surface area contributed by atoms with Crippen molar-refractivity contribution in [2.24, 2.45) is 29.6 Å². The number of fused-ring (bicyclic) bond motifs is 1. The number of allylic oxidation sites excluding steroid dienone is 2. The second-order valence-electron chi connectivity index (χ2n) is 8.07.